The van der Waals surface area contributed by atoms with Crippen LogP contribution in [0.2, 0.25) is 0 Å². The molecule has 0 aliphatic carbocycles. The van der Waals surface area contributed by atoms with Crippen LogP contribution in [0.3, 0.4) is 0 Å². The molecule has 164 valence electrons. The van der Waals surface area contributed by atoms with Crippen LogP contribution in [0, 0.1) is 6.92 Å². The lowest BCUT2D eigenvalue weighted by molar-refractivity contribution is -0.896. The highest BCUT2D eigenvalue weighted by molar-refractivity contribution is 5.94. The quantitative estimate of drug-likeness (QED) is 0.648. The summed E-state index contributed by atoms with van der Waals surface area (Å²) >= 11 is 0. The van der Waals surface area contributed by atoms with Gasteiger partial charge in [-0.25, -0.2) is 0 Å². The van der Waals surface area contributed by atoms with Crippen molar-refractivity contribution in [3.05, 3.63) is 41.5 Å². The summed E-state index contributed by atoms with van der Waals surface area (Å²) in [5.74, 6) is -0.230. The lowest BCUT2D eigenvalue weighted by Gasteiger charge is -2.33. The van der Waals surface area contributed by atoms with Gasteiger partial charge in [0.15, 0.2) is 6.54 Å². The predicted molar refractivity (Wildman–Crippen MR) is 118 cm³/mol. The highest BCUT2D eigenvalue weighted by Gasteiger charge is 2.27. The Bertz CT molecular complexity index is 790. The average molecular weight is 416 g/mol. The predicted octanol–water partition coefficient (Wildman–Crippen LogP) is 0.108. The van der Waals surface area contributed by atoms with Crippen LogP contribution >= 0.6 is 0 Å². The molecule has 1 aromatic rings. The number of amides is 3. The Morgan fingerprint density at radius 3 is 2.40 bits per heavy atom. The normalized spacial score (nSPS) is 15.3. The topological polar surface area (TPSA) is 74.2 Å². The second kappa shape index (κ2) is 10.4. The number of aryl methyl sites for hydroxylation is 1. The van der Waals surface area contributed by atoms with Gasteiger partial charge < -0.3 is 20.0 Å². The number of quaternary nitrogens is 1. The average Bonchev–Trinajstić information content (AvgIpc) is 2.66. The molecule has 7 heteroatoms. The number of rotatable bonds is 6. The van der Waals surface area contributed by atoms with E-state index in [9.17, 15) is 14.4 Å². The zero-order valence-corrected chi connectivity index (χ0v) is 18.8. The van der Waals surface area contributed by atoms with Gasteiger partial charge in [-0.05, 0) is 44.9 Å². The van der Waals surface area contributed by atoms with Crippen molar-refractivity contribution in [2.75, 3.05) is 46.3 Å². The lowest BCUT2D eigenvalue weighted by atomic mass is 10.1. The van der Waals surface area contributed by atoms with Crippen molar-refractivity contribution in [3.8, 4) is 0 Å². The standard InChI is InChI=1S/C23H34N4O3/c1-18-8-6-7-9-19(18)10-11-21(29)25(5)17-22(30)27-14-12-26(13-15-27)16-20(28)24-23(2,3)4/h6-11H,12-17H2,1-5H3,(H,24,28)/p+1/b11-10+. The van der Waals surface area contributed by atoms with Crippen LogP contribution < -0.4 is 10.2 Å². The number of nitrogens with zero attached hydrogens (tertiary/aromatic N) is 2. The van der Waals surface area contributed by atoms with Gasteiger partial charge in [-0.15, -0.1) is 0 Å². The van der Waals surface area contributed by atoms with Crippen molar-refractivity contribution in [1.29, 1.82) is 0 Å². The molecule has 0 atom stereocenters. The van der Waals surface area contributed by atoms with Crippen LogP contribution in [0.5, 0.6) is 0 Å². The fraction of sp³-hybridized carbons (Fsp3) is 0.522. The molecule has 1 aliphatic rings. The van der Waals surface area contributed by atoms with Crippen molar-refractivity contribution in [3.63, 3.8) is 0 Å². The van der Waals surface area contributed by atoms with E-state index < -0.39 is 0 Å². The number of nitrogens with one attached hydrogen (secondary N) is 2. The summed E-state index contributed by atoms with van der Waals surface area (Å²) in [5.41, 5.74) is 1.84. The molecule has 3 amide bonds. The molecule has 2 rings (SSSR count). The molecule has 30 heavy (non-hydrogen) atoms. The number of benzene rings is 1. The third-order valence-corrected chi connectivity index (χ3v) is 5.09. The number of hydrogen-bond acceptors (Lipinski definition) is 3. The third-order valence-electron chi connectivity index (χ3n) is 5.09. The van der Waals surface area contributed by atoms with Crippen LogP contribution in [0.15, 0.2) is 30.3 Å². The molecule has 0 saturated carbocycles. The van der Waals surface area contributed by atoms with Crippen LogP contribution in [-0.4, -0.2) is 79.4 Å². The molecule has 1 aromatic carbocycles. The van der Waals surface area contributed by atoms with Gasteiger partial charge in [0.1, 0.15) is 0 Å². The number of piperazine rings is 1. The number of likely N-dealkylation sites (N-methyl/N-ethyl adjacent to an activating group) is 1. The summed E-state index contributed by atoms with van der Waals surface area (Å²) in [5, 5.41) is 2.98. The highest BCUT2D eigenvalue weighted by atomic mass is 16.2. The van der Waals surface area contributed by atoms with Gasteiger partial charge >= 0.3 is 0 Å². The molecule has 7 nitrogen and oxygen atoms in total. The first-order valence-corrected chi connectivity index (χ1v) is 10.5. The Morgan fingerprint density at radius 1 is 1.17 bits per heavy atom. The maximum absolute atomic E-state index is 12.6. The summed E-state index contributed by atoms with van der Waals surface area (Å²) in [6, 6.07) is 7.83. The van der Waals surface area contributed by atoms with Gasteiger partial charge in [0.2, 0.25) is 11.8 Å². The third kappa shape index (κ3) is 7.63. The minimum absolute atomic E-state index is 0.0306. The zero-order chi connectivity index (χ0) is 22.3. The van der Waals surface area contributed by atoms with E-state index in [4.69, 9.17) is 0 Å². The molecule has 0 bridgehead atoms. The second-order valence-corrected chi connectivity index (χ2v) is 8.99. The highest BCUT2D eigenvalue weighted by Crippen LogP contribution is 2.09. The molecule has 0 unspecified atom stereocenters. The van der Waals surface area contributed by atoms with E-state index in [2.05, 4.69) is 5.32 Å². The lowest BCUT2D eigenvalue weighted by Crippen LogP contribution is -3.16. The number of hydrogen-bond donors (Lipinski definition) is 2. The monoisotopic (exact) mass is 415 g/mol. The Hall–Kier alpha value is -2.67. The summed E-state index contributed by atoms with van der Waals surface area (Å²) in [6.45, 7) is 11.0. The van der Waals surface area contributed by atoms with Gasteiger partial charge in [0.05, 0.1) is 32.7 Å². The Labute approximate surface area is 179 Å². The summed E-state index contributed by atoms with van der Waals surface area (Å²) in [4.78, 5) is 41.4. The van der Waals surface area contributed by atoms with Gasteiger partial charge in [0, 0.05) is 18.7 Å². The maximum Gasteiger partial charge on any atom is 0.275 e. The van der Waals surface area contributed by atoms with Crippen LogP contribution in [0.4, 0.5) is 0 Å². The molecule has 1 saturated heterocycles. The van der Waals surface area contributed by atoms with Crippen LogP contribution in [0.25, 0.3) is 6.08 Å². The Morgan fingerprint density at radius 2 is 1.80 bits per heavy atom. The maximum atomic E-state index is 12.6. The Balaban J connectivity index is 1.78. The van der Waals surface area contributed by atoms with Crippen LogP contribution in [-0.2, 0) is 14.4 Å². The molecule has 1 fully saturated rings. The van der Waals surface area contributed by atoms with Gasteiger partial charge in [-0.1, -0.05) is 24.3 Å². The fourth-order valence-electron chi connectivity index (χ4n) is 3.38. The van der Waals surface area contributed by atoms with E-state index in [0.29, 0.717) is 19.6 Å². The van der Waals surface area contributed by atoms with Crippen molar-refractivity contribution in [2.45, 2.75) is 33.2 Å². The van der Waals surface area contributed by atoms with Crippen molar-refractivity contribution in [2.24, 2.45) is 0 Å². The summed E-state index contributed by atoms with van der Waals surface area (Å²) in [6.07, 6.45) is 3.29. The summed E-state index contributed by atoms with van der Waals surface area (Å²) in [7, 11) is 1.64. The fourth-order valence-corrected chi connectivity index (χ4v) is 3.38. The van der Waals surface area contributed by atoms with Gasteiger partial charge in [0.25, 0.3) is 5.91 Å². The number of carbonyl (C=O) groups is 3. The first-order chi connectivity index (χ1) is 14.0. The van der Waals surface area contributed by atoms with E-state index in [0.717, 1.165) is 24.2 Å². The van der Waals surface area contributed by atoms with Crippen LogP contribution in [0.1, 0.15) is 31.9 Å². The van der Waals surface area contributed by atoms with Crippen molar-refractivity contribution >= 4 is 23.8 Å². The molecule has 1 heterocycles. The van der Waals surface area contributed by atoms with E-state index in [1.807, 2.05) is 52.0 Å². The smallest absolute Gasteiger partial charge is 0.275 e. The summed E-state index contributed by atoms with van der Waals surface area (Å²) < 4.78 is 0. The molecule has 0 aromatic heterocycles. The first-order valence-electron chi connectivity index (χ1n) is 10.5. The van der Waals surface area contributed by atoms with E-state index >= 15 is 0 Å². The molecule has 0 radical (unpaired) electrons. The van der Waals surface area contributed by atoms with Crippen molar-refractivity contribution in [1.82, 2.24) is 15.1 Å². The van der Waals surface area contributed by atoms with E-state index in [1.165, 1.54) is 15.9 Å². The van der Waals surface area contributed by atoms with E-state index in [1.54, 1.807) is 18.0 Å². The molecular weight excluding hydrogens is 380 g/mol. The van der Waals surface area contributed by atoms with Gasteiger partial charge in [-0.2, -0.15) is 0 Å². The molecule has 2 N–H and O–H groups in total. The second-order valence-electron chi connectivity index (χ2n) is 8.99. The molecular formula is C23H35N4O3+. The van der Waals surface area contributed by atoms with E-state index in [-0.39, 0.29) is 29.8 Å². The SMILES string of the molecule is Cc1ccccc1/C=C/C(=O)N(C)CC(=O)N1CC[NH+](CC(=O)NC(C)(C)C)CC1. The molecule has 0 spiro atoms. The van der Waals surface area contributed by atoms with Gasteiger partial charge in [-0.3, -0.25) is 14.4 Å². The minimum atomic E-state index is -0.237. The first kappa shape index (κ1) is 23.6. The van der Waals surface area contributed by atoms with Crippen molar-refractivity contribution < 1.29 is 19.3 Å². The number of carbonyl (C=O) groups excluding carboxylic acids is 3. The Kier molecular flexibility index (Phi) is 8.17. The molecule has 1 aliphatic heterocycles. The zero-order valence-electron chi connectivity index (χ0n) is 18.8. The minimum Gasteiger partial charge on any atom is -0.347 e. The largest absolute Gasteiger partial charge is 0.347 e.